The van der Waals surface area contributed by atoms with Crippen molar-refractivity contribution in [3.8, 4) is 0 Å². The molecule has 0 bridgehead atoms. The Hall–Kier alpha value is -1.77. The third-order valence-electron chi connectivity index (χ3n) is 2.46. The summed E-state index contributed by atoms with van der Waals surface area (Å²) in [5.41, 5.74) is 1.16. The highest BCUT2D eigenvalue weighted by Crippen LogP contribution is 2.19. The molecule has 0 amide bonds. The molecule has 0 spiro atoms. The molecule has 3 nitrogen and oxygen atoms in total. The zero-order valence-electron chi connectivity index (χ0n) is 9.82. The molecular weight excluding hydrogens is 200 g/mol. The van der Waals surface area contributed by atoms with Gasteiger partial charge in [-0.3, -0.25) is 0 Å². The lowest BCUT2D eigenvalue weighted by Gasteiger charge is -2.11. The van der Waals surface area contributed by atoms with E-state index in [2.05, 4.69) is 17.2 Å². The van der Waals surface area contributed by atoms with E-state index in [9.17, 15) is 0 Å². The Morgan fingerprint density at radius 3 is 2.56 bits per heavy atom. The number of aryl methyl sites for hydroxylation is 2. The number of rotatable bonds is 3. The normalized spacial score (nSPS) is 12.4. The fourth-order valence-corrected chi connectivity index (χ4v) is 1.53. The first kappa shape index (κ1) is 10.7. The van der Waals surface area contributed by atoms with Crippen molar-refractivity contribution in [2.45, 2.75) is 26.8 Å². The summed E-state index contributed by atoms with van der Waals surface area (Å²) < 4.78 is 5.55. The van der Waals surface area contributed by atoms with Crippen LogP contribution in [-0.4, -0.2) is 4.98 Å². The molecule has 2 aromatic rings. The molecule has 0 saturated heterocycles. The van der Waals surface area contributed by atoms with E-state index < -0.39 is 0 Å². The van der Waals surface area contributed by atoms with Crippen molar-refractivity contribution in [2.75, 3.05) is 5.32 Å². The fourth-order valence-electron chi connectivity index (χ4n) is 1.53. The van der Waals surface area contributed by atoms with E-state index in [1.807, 2.05) is 44.3 Å². The van der Waals surface area contributed by atoms with Crippen LogP contribution in [-0.2, 0) is 0 Å². The van der Waals surface area contributed by atoms with Crippen LogP contribution in [0.5, 0.6) is 0 Å². The molecule has 0 radical (unpaired) electrons. The van der Waals surface area contributed by atoms with E-state index in [4.69, 9.17) is 4.42 Å². The minimum absolute atomic E-state index is 0.129. The van der Waals surface area contributed by atoms with Crippen LogP contribution < -0.4 is 5.32 Å². The molecule has 16 heavy (non-hydrogen) atoms. The second kappa shape index (κ2) is 4.39. The number of anilines is 1. The van der Waals surface area contributed by atoms with Gasteiger partial charge in [-0.05, 0) is 44.5 Å². The van der Waals surface area contributed by atoms with Gasteiger partial charge in [-0.25, -0.2) is 4.98 Å². The Balaban J connectivity index is 2.07. The van der Waals surface area contributed by atoms with Crippen LogP contribution in [0.25, 0.3) is 0 Å². The zero-order chi connectivity index (χ0) is 11.5. The molecule has 0 aromatic carbocycles. The summed E-state index contributed by atoms with van der Waals surface area (Å²) >= 11 is 0. The quantitative estimate of drug-likeness (QED) is 0.853. The Labute approximate surface area is 95.5 Å². The summed E-state index contributed by atoms with van der Waals surface area (Å²) in [7, 11) is 0. The van der Waals surface area contributed by atoms with E-state index in [0.29, 0.717) is 0 Å². The molecule has 0 fully saturated rings. The van der Waals surface area contributed by atoms with Crippen LogP contribution in [0.15, 0.2) is 34.9 Å². The van der Waals surface area contributed by atoms with Crippen molar-refractivity contribution in [3.63, 3.8) is 0 Å². The van der Waals surface area contributed by atoms with Crippen molar-refractivity contribution < 1.29 is 4.42 Å². The number of nitrogens with one attached hydrogen (secondary N) is 1. The van der Waals surface area contributed by atoms with E-state index in [-0.39, 0.29) is 6.04 Å². The van der Waals surface area contributed by atoms with Crippen LogP contribution in [0, 0.1) is 13.8 Å². The summed E-state index contributed by atoms with van der Waals surface area (Å²) in [6.07, 6.45) is 1.85. The van der Waals surface area contributed by atoms with Crippen LogP contribution >= 0.6 is 0 Å². The van der Waals surface area contributed by atoms with E-state index in [0.717, 1.165) is 22.9 Å². The van der Waals surface area contributed by atoms with Crippen molar-refractivity contribution >= 4 is 5.82 Å². The molecular formula is C13H16N2O. The highest BCUT2D eigenvalue weighted by atomic mass is 16.3. The van der Waals surface area contributed by atoms with Gasteiger partial charge in [0.1, 0.15) is 17.3 Å². The summed E-state index contributed by atoms with van der Waals surface area (Å²) in [4.78, 5) is 4.30. The second-order valence-corrected chi connectivity index (χ2v) is 4.04. The molecule has 2 heterocycles. The van der Waals surface area contributed by atoms with Crippen LogP contribution in [0.4, 0.5) is 5.82 Å². The summed E-state index contributed by atoms with van der Waals surface area (Å²) in [5, 5.41) is 3.29. The standard InChI is InChI=1S/C13H16N2O/c1-9-4-7-13(14-8-9)15-11(3)12-6-5-10(2)16-12/h4-8,11H,1-3H3,(H,14,15). The molecule has 0 aliphatic carbocycles. The number of hydrogen-bond acceptors (Lipinski definition) is 3. The van der Waals surface area contributed by atoms with Gasteiger partial charge in [0.05, 0.1) is 6.04 Å². The molecule has 1 N–H and O–H groups in total. The van der Waals surface area contributed by atoms with Gasteiger partial charge in [0, 0.05) is 6.20 Å². The van der Waals surface area contributed by atoms with Crippen LogP contribution in [0.3, 0.4) is 0 Å². The lowest BCUT2D eigenvalue weighted by atomic mass is 10.2. The van der Waals surface area contributed by atoms with Gasteiger partial charge < -0.3 is 9.73 Å². The first-order valence-corrected chi connectivity index (χ1v) is 5.40. The second-order valence-electron chi connectivity index (χ2n) is 4.04. The van der Waals surface area contributed by atoms with Gasteiger partial charge in [0.15, 0.2) is 0 Å². The van der Waals surface area contributed by atoms with Gasteiger partial charge in [-0.1, -0.05) is 6.07 Å². The minimum Gasteiger partial charge on any atom is -0.464 e. The van der Waals surface area contributed by atoms with Crippen molar-refractivity contribution in [1.82, 2.24) is 4.98 Å². The Morgan fingerprint density at radius 2 is 2.00 bits per heavy atom. The predicted molar refractivity (Wildman–Crippen MR) is 64.5 cm³/mol. The monoisotopic (exact) mass is 216 g/mol. The highest BCUT2D eigenvalue weighted by molar-refractivity contribution is 5.37. The lowest BCUT2D eigenvalue weighted by molar-refractivity contribution is 0.466. The largest absolute Gasteiger partial charge is 0.464 e. The smallest absolute Gasteiger partial charge is 0.126 e. The number of hydrogen-bond donors (Lipinski definition) is 1. The topological polar surface area (TPSA) is 38.1 Å². The predicted octanol–water partition coefficient (Wildman–Crippen LogP) is 3.46. The third-order valence-corrected chi connectivity index (χ3v) is 2.46. The maximum atomic E-state index is 5.55. The lowest BCUT2D eigenvalue weighted by Crippen LogP contribution is -2.06. The molecule has 0 aliphatic heterocycles. The Kier molecular flexibility index (Phi) is 2.95. The van der Waals surface area contributed by atoms with E-state index >= 15 is 0 Å². The maximum Gasteiger partial charge on any atom is 0.126 e. The Bertz CT molecular complexity index is 459. The fraction of sp³-hybridized carbons (Fsp3) is 0.308. The highest BCUT2D eigenvalue weighted by Gasteiger charge is 2.09. The summed E-state index contributed by atoms with van der Waals surface area (Å²) in [5.74, 6) is 2.73. The molecule has 3 heteroatoms. The number of nitrogens with zero attached hydrogens (tertiary/aromatic N) is 1. The Morgan fingerprint density at radius 1 is 1.19 bits per heavy atom. The average Bonchev–Trinajstić information content (AvgIpc) is 2.68. The third kappa shape index (κ3) is 2.42. The zero-order valence-corrected chi connectivity index (χ0v) is 9.82. The molecule has 2 rings (SSSR count). The molecule has 0 aliphatic rings. The van der Waals surface area contributed by atoms with E-state index in [1.165, 1.54) is 0 Å². The van der Waals surface area contributed by atoms with Crippen LogP contribution in [0.2, 0.25) is 0 Å². The molecule has 84 valence electrons. The maximum absolute atomic E-state index is 5.55. The average molecular weight is 216 g/mol. The van der Waals surface area contributed by atoms with E-state index in [1.54, 1.807) is 0 Å². The SMILES string of the molecule is Cc1ccc(NC(C)c2ccc(C)o2)nc1. The van der Waals surface area contributed by atoms with Gasteiger partial charge in [-0.15, -0.1) is 0 Å². The summed E-state index contributed by atoms with van der Waals surface area (Å²) in [6.45, 7) is 6.02. The number of furan rings is 1. The van der Waals surface area contributed by atoms with Gasteiger partial charge in [0.2, 0.25) is 0 Å². The molecule has 1 unspecified atom stereocenters. The van der Waals surface area contributed by atoms with Gasteiger partial charge in [0.25, 0.3) is 0 Å². The first-order valence-electron chi connectivity index (χ1n) is 5.40. The number of aromatic nitrogens is 1. The summed E-state index contributed by atoms with van der Waals surface area (Å²) in [6, 6.07) is 8.10. The van der Waals surface area contributed by atoms with Gasteiger partial charge >= 0.3 is 0 Å². The number of pyridine rings is 1. The van der Waals surface area contributed by atoms with Crippen molar-refractivity contribution in [3.05, 3.63) is 47.5 Å². The van der Waals surface area contributed by atoms with Crippen molar-refractivity contribution in [2.24, 2.45) is 0 Å². The molecule has 1 atom stereocenters. The van der Waals surface area contributed by atoms with Gasteiger partial charge in [-0.2, -0.15) is 0 Å². The first-order chi connectivity index (χ1) is 7.65. The molecule has 2 aromatic heterocycles. The van der Waals surface area contributed by atoms with Crippen LogP contribution in [0.1, 0.15) is 30.0 Å². The van der Waals surface area contributed by atoms with Crippen molar-refractivity contribution in [1.29, 1.82) is 0 Å². The molecule has 0 saturated carbocycles. The minimum atomic E-state index is 0.129.